The van der Waals surface area contributed by atoms with Crippen LogP contribution < -0.4 is 10.6 Å². The monoisotopic (exact) mass is 300 g/mol. The lowest BCUT2D eigenvalue weighted by Crippen LogP contribution is -2.32. The van der Waals surface area contributed by atoms with Crippen molar-refractivity contribution in [2.45, 2.75) is 33.2 Å². The number of hydrogen-bond acceptors (Lipinski definition) is 3. The molecule has 0 aliphatic rings. The molecule has 20 heavy (non-hydrogen) atoms. The maximum Gasteiger partial charge on any atom is 0.406 e. The van der Waals surface area contributed by atoms with Gasteiger partial charge in [0.2, 0.25) is 0 Å². The lowest BCUT2D eigenvalue weighted by molar-refractivity contribution is 0.171. The molecule has 1 aromatic rings. The Kier molecular flexibility index (Phi) is 10.8. The number of amides is 1. The Morgan fingerprint density at radius 3 is 2.45 bits per heavy atom. The zero-order valence-electron chi connectivity index (χ0n) is 12.7. The van der Waals surface area contributed by atoms with E-state index in [9.17, 15) is 4.79 Å². The van der Waals surface area contributed by atoms with E-state index < -0.39 is 6.09 Å². The van der Waals surface area contributed by atoms with Crippen molar-refractivity contribution >= 4 is 17.7 Å². The maximum absolute atomic E-state index is 10.8. The molecule has 1 rings (SSSR count). The molecule has 1 atom stereocenters. The molecule has 0 saturated carbocycles. The fourth-order valence-corrected chi connectivity index (χ4v) is 1.76. The molecular formula is C15H25ClN2O2. The van der Waals surface area contributed by atoms with E-state index in [0.717, 1.165) is 10.6 Å². The van der Waals surface area contributed by atoms with Crippen LogP contribution in [0.2, 0.25) is 5.02 Å². The first-order valence-corrected chi connectivity index (χ1v) is 7.24. The Hall–Kier alpha value is -1.26. The van der Waals surface area contributed by atoms with Crippen molar-refractivity contribution in [3.8, 4) is 0 Å². The van der Waals surface area contributed by atoms with Gasteiger partial charge in [-0.1, -0.05) is 50.1 Å². The summed E-state index contributed by atoms with van der Waals surface area (Å²) in [6.07, 6.45) is 0.831. The number of benzene rings is 1. The van der Waals surface area contributed by atoms with Crippen molar-refractivity contribution in [2.75, 3.05) is 20.2 Å². The van der Waals surface area contributed by atoms with Crippen molar-refractivity contribution in [3.05, 3.63) is 34.9 Å². The van der Waals surface area contributed by atoms with E-state index in [0.29, 0.717) is 13.1 Å². The molecule has 0 radical (unpaired) electrons. The van der Waals surface area contributed by atoms with Crippen molar-refractivity contribution < 1.29 is 9.53 Å². The van der Waals surface area contributed by atoms with Crippen LogP contribution in [0.5, 0.6) is 0 Å². The van der Waals surface area contributed by atoms with Crippen molar-refractivity contribution in [1.82, 2.24) is 10.6 Å². The summed E-state index contributed by atoms with van der Waals surface area (Å²) in [7, 11) is 1.34. The molecule has 0 spiro atoms. The molecule has 0 aliphatic heterocycles. The highest BCUT2D eigenvalue weighted by Gasteiger charge is 2.07. The summed E-state index contributed by atoms with van der Waals surface area (Å²) in [5.74, 6) is 0. The zero-order valence-corrected chi connectivity index (χ0v) is 13.5. The van der Waals surface area contributed by atoms with Crippen LogP contribution in [0.25, 0.3) is 0 Å². The Bertz CT molecular complexity index is 386. The summed E-state index contributed by atoms with van der Waals surface area (Å²) in [5, 5.41) is 6.61. The topological polar surface area (TPSA) is 50.4 Å². The predicted octanol–water partition coefficient (Wildman–Crippen LogP) is 3.76. The van der Waals surface area contributed by atoms with Gasteiger partial charge in [0.1, 0.15) is 0 Å². The van der Waals surface area contributed by atoms with Gasteiger partial charge in [0.05, 0.1) is 7.11 Å². The first-order chi connectivity index (χ1) is 9.56. The van der Waals surface area contributed by atoms with Gasteiger partial charge < -0.3 is 15.4 Å². The van der Waals surface area contributed by atoms with Crippen LogP contribution in [0.3, 0.4) is 0 Å². The molecule has 4 nitrogen and oxygen atoms in total. The molecule has 1 amide bonds. The standard InChI is InChI=1S/C12H17ClN2O2.C3H8/c1-9(10-5-3-4-6-11(10)13)14-7-8-15-12(16)17-2;1-3-2/h3-6,9,14H,7-8H2,1-2H3,(H,15,16);3H2,1-2H3. The van der Waals surface area contributed by atoms with Gasteiger partial charge in [-0.15, -0.1) is 0 Å². The summed E-state index contributed by atoms with van der Waals surface area (Å²) < 4.78 is 4.46. The fraction of sp³-hybridized carbons (Fsp3) is 0.533. The minimum atomic E-state index is -0.419. The normalized spacial score (nSPS) is 11.1. The second-order valence-electron chi connectivity index (χ2n) is 4.32. The first-order valence-electron chi connectivity index (χ1n) is 6.86. The minimum Gasteiger partial charge on any atom is -0.453 e. The summed E-state index contributed by atoms with van der Waals surface area (Å²) in [6, 6.07) is 7.84. The van der Waals surface area contributed by atoms with Crippen molar-refractivity contribution in [2.24, 2.45) is 0 Å². The lowest BCUT2D eigenvalue weighted by atomic mass is 10.1. The number of alkyl carbamates (subject to hydrolysis) is 1. The molecule has 0 saturated heterocycles. The van der Waals surface area contributed by atoms with E-state index in [1.54, 1.807) is 0 Å². The van der Waals surface area contributed by atoms with Crippen LogP contribution in [-0.4, -0.2) is 26.3 Å². The molecule has 5 heteroatoms. The summed E-state index contributed by atoms with van der Waals surface area (Å²) in [5.41, 5.74) is 1.05. The third-order valence-electron chi connectivity index (χ3n) is 2.40. The van der Waals surface area contributed by atoms with Gasteiger partial charge in [0.15, 0.2) is 0 Å². The number of carbonyl (C=O) groups excluding carboxylic acids is 1. The number of rotatable bonds is 5. The summed E-state index contributed by atoms with van der Waals surface area (Å²) in [6.45, 7) is 7.45. The average molecular weight is 301 g/mol. The van der Waals surface area contributed by atoms with Gasteiger partial charge in [-0.05, 0) is 18.6 Å². The Morgan fingerprint density at radius 1 is 1.30 bits per heavy atom. The molecule has 1 unspecified atom stereocenters. The molecule has 1 aromatic carbocycles. The van der Waals surface area contributed by atoms with Crippen LogP contribution in [0.15, 0.2) is 24.3 Å². The van der Waals surface area contributed by atoms with Gasteiger partial charge in [-0.3, -0.25) is 0 Å². The maximum atomic E-state index is 10.8. The van der Waals surface area contributed by atoms with Gasteiger partial charge in [-0.25, -0.2) is 4.79 Å². The average Bonchev–Trinajstić information content (AvgIpc) is 2.44. The smallest absolute Gasteiger partial charge is 0.406 e. The van der Waals surface area contributed by atoms with E-state index in [4.69, 9.17) is 11.6 Å². The third kappa shape index (κ3) is 8.02. The number of ether oxygens (including phenoxy) is 1. The van der Waals surface area contributed by atoms with Gasteiger partial charge in [0.25, 0.3) is 0 Å². The molecule has 0 bridgehead atoms. The second-order valence-corrected chi connectivity index (χ2v) is 4.73. The second kappa shape index (κ2) is 11.6. The molecule has 0 fully saturated rings. The lowest BCUT2D eigenvalue weighted by Gasteiger charge is -2.15. The number of carbonyl (C=O) groups is 1. The number of halogens is 1. The van der Waals surface area contributed by atoms with Crippen LogP contribution in [0.1, 0.15) is 38.8 Å². The van der Waals surface area contributed by atoms with Crippen LogP contribution >= 0.6 is 11.6 Å². The largest absolute Gasteiger partial charge is 0.453 e. The number of hydrogen-bond donors (Lipinski definition) is 2. The van der Waals surface area contributed by atoms with Gasteiger partial charge in [0, 0.05) is 24.2 Å². The third-order valence-corrected chi connectivity index (χ3v) is 2.75. The summed E-state index contributed by atoms with van der Waals surface area (Å²) in [4.78, 5) is 10.8. The molecule has 0 aliphatic carbocycles. The number of nitrogens with one attached hydrogen (secondary N) is 2. The van der Waals surface area contributed by atoms with Crippen molar-refractivity contribution in [1.29, 1.82) is 0 Å². The van der Waals surface area contributed by atoms with E-state index in [-0.39, 0.29) is 6.04 Å². The SMILES string of the molecule is CCC.COC(=O)NCCNC(C)c1ccccc1Cl. The highest BCUT2D eigenvalue weighted by atomic mass is 35.5. The minimum absolute atomic E-state index is 0.142. The van der Waals surface area contributed by atoms with Crippen LogP contribution in [0, 0.1) is 0 Å². The zero-order chi connectivity index (χ0) is 15.4. The first kappa shape index (κ1) is 18.7. The van der Waals surface area contributed by atoms with Crippen LogP contribution in [0.4, 0.5) is 4.79 Å². The van der Waals surface area contributed by atoms with E-state index in [2.05, 4.69) is 29.2 Å². The Morgan fingerprint density at radius 2 is 1.90 bits per heavy atom. The van der Waals surface area contributed by atoms with Gasteiger partial charge >= 0.3 is 6.09 Å². The molecule has 2 N–H and O–H groups in total. The summed E-state index contributed by atoms with van der Waals surface area (Å²) >= 11 is 6.08. The molecule has 0 aromatic heterocycles. The molecular weight excluding hydrogens is 276 g/mol. The number of methoxy groups -OCH3 is 1. The fourth-order valence-electron chi connectivity index (χ4n) is 1.46. The highest BCUT2D eigenvalue weighted by Crippen LogP contribution is 2.21. The van der Waals surface area contributed by atoms with Crippen LogP contribution in [-0.2, 0) is 4.74 Å². The molecule has 0 heterocycles. The van der Waals surface area contributed by atoms with E-state index in [1.807, 2.05) is 31.2 Å². The van der Waals surface area contributed by atoms with E-state index >= 15 is 0 Å². The van der Waals surface area contributed by atoms with Crippen molar-refractivity contribution in [3.63, 3.8) is 0 Å². The molecule has 114 valence electrons. The Balaban J connectivity index is 0.00000110. The van der Waals surface area contributed by atoms with E-state index in [1.165, 1.54) is 13.5 Å². The van der Waals surface area contributed by atoms with Gasteiger partial charge in [-0.2, -0.15) is 0 Å². The Labute approximate surface area is 126 Å². The quantitative estimate of drug-likeness (QED) is 0.814. The predicted molar refractivity (Wildman–Crippen MR) is 84.2 cm³/mol. The highest BCUT2D eigenvalue weighted by molar-refractivity contribution is 6.31.